The molecule has 0 spiro atoms. The molecule has 1 aromatic heterocycles. The lowest BCUT2D eigenvalue weighted by atomic mass is 10.1. The first kappa shape index (κ1) is 16.9. The second-order valence-corrected chi connectivity index (χ2v) is 6.73. The fourth-order valence-corrected chi connectivity index (χ4v) is 3.55. The van der Waals surface area contributed by atoms with Crippen molar-refractivity contribution in [3.63, 3.8) is 0 Å². The minimum absolute atomic E-state index is 0.0167. The highest BCUT2D eigenvalue weighted by molar-refractivity contribution is 5.80. The highest BCUT2D eigenvalue weighted by Gasteiger charge is 2.27. The van der Waals surface area contributed by atoms with Gasteiger partial charge in [0.05, 0.1) is 25.9 Å². The third-order valence-electron chi connectivity index (χ3n) is 4.88. The van der Waals surface area contributed by atoms with E-state index in [1.807, 2.05) is 38.6 Å². The van der Waals surface area contributed by atoms with Crippen LogP contribution < -0.4 is 10.1 Å². The van der Waals surface area contributed by atoms with Crippen LogP contribution in [0, 0.1) is 0 Å². The highest BCUT2D eigenvalue weighted by atomic mass is 16.5. The molecular formula is C19H25N5O2. The van der Waals surface area contributed by atoms with Gasteiger partial charge in [0.1, 0.15) is 18.0 Å². The van der Waals surface area contributed by atoms with E-state index in [0.29, 0.717) is 6.61 Å². The van der Waals surface area contributed by atoms with Crippen molar-refractivity contribution in [3.05, 3.63) is 47.8 Å². The van der Waals surface area contributed by atoms with E-state index in [2.05, 4.69) is 32.4 Å². The first-order chi connectivity index (χ1) is 12.7. The molecular weight excluding hydrogens is 330 g/mol. The maximum absolute atomic E-state index is 6.01. The molecule has 1 fully saturated rings. The Labute approximate surface area is 153 Å². The largest absolute Gasteiger partial charge is 0.488 e. The van der Waals surface area contributed by atoms with Gasteiger partial charge in [-0.25, -0.2) is 0 Å². The summed E-state index contributed by atoms with van der Waals surface area (Å²) in [6, 6.07) is 8.23. The molecule has 4 rings (SSSR count). The third kappa shape index (κ3) is 3.53. The number of nitrogens with zero attached hydrogens (tertiary/aromatic N) is 4. The fraction of sp³-hybridized carbons (Fsp3) is 0.474. The number of hydrogen-bond acceptors (Lipinski definition) is 4. The van der Waals surface area contributed by atoms with Gasteiger partial charge in [-0.15, -0.1) is 0 Å². The molecule has 7 nitrogen and oxygen atoms in total. The number of morpholine rings is 1. The number of hydrogen-bond donors (Lipinski definition) is 1. The van der Waals surface area contributed by atoms with Crippen LogP contribution in [0.4, 0.5) is 0 Å². The second kappa shape index (κ2) is 7.37. The van der Waals surface area contributed by atoms with Crippen LogP contribution in [0.5, 0.6) is 5.75 Å². The van der Waals surface area contributed by atoms with Crippen molar-refractivity contribution in [3.8, 4) is 5.75 Å². The Morgan fingerprint density at radius 2 is 2.27 bits per heavy atom. The van der Waals surface area contributed by atoms with E-state index >= 15 is 0 Å². The molecule has 0 radical (unpaired) electrons. The first-order valence-corrected chi connectivity index (χ1v) is 9.03. The summed E-state index contributed by atoms with van der Waals surface area (Å²) in [5, 5.41) is 7.71. The molecule has 0 saturated carbocycles. The smallest absolute Gasteiger partial charge is 0.193 e. The van der Waals surface area contributed by atoms with Crippen molar-refractivity contribution in [1.29, 1.82) is 0 Å². The Morgan fingerprint density at radius 1 is 1.38 bits per heavy atom. The summed E-state index contributed by atoms with van der Waals surface area (Å²) in [6.07, 6.45) is 4.96. The van der Waals surface area contributed by atoms with Gasteiger partial charge in [0, 0.05) is 38.8 Å². The lowest BCUT2D eigenvalue weighted by molar-refractivity contribution is -0.00814. The predicted octanol–water partition coefficient (Wildman–Crippen LogP) is 1.37. The Morgan fingerprint density at radius 3 is 3.04 bits per heavy atom. The van der Waals surface area contributed by atoms with E-state index in [0.717, 1.165) is 43.3 Å². The van der Waals surface area contributed by atoms with Crippen molar-refractivity contribution in [2.75, 3.05) is 33.3 Å². The van der Waals surface area contributed by atoms with Gasteiger partial charge in [-0.3, -0.25) is 9.67 Å². The van der Waals surface area contributed by atoms with Gasteiger partial charge in [0.15, 0.2) is 5.96 Å². The van der Waals surface area contributed by atoms with Crippen molar-refractivity contribution >= 4 is 5.96 Å². The zero-order valence-electron chi connectivity index (χ0n) is 15.3. The summed E-state index contributed by atoms with van der Waals surface area (Å²) >= 11 is 0. The van der Waals surface area contributed by atoms with E-state index in [9.17, 15) is 0 Å². The molecule has 2 aliphatic rings. The van der Waals surface area contributed by atoms with E-state index < -0.39 is 0 Å². The highest BCUT2D eigenvalue weighted by Crippen LogP contribution is 2.28. The molecule has 2 atom stereocenters. The van der Waals surface area contributed by atoms with Crippen molar-refractivity contribution in [2.24, 2.45) is 12.0 Å². The molecule has 138 valence electrons. The summed E-state index contributed by atoms with van der Waals surface area (Å²) < 4.78 is 13.7. The Bertz CT molecular complexity index is 763. The minimum Gasteiger partial charge on any atom is -0.488 e. The zero-order valence-corrected chi connectivity index (χ0v) is 15.3. The minimum atomic E-state index is 0.0167. The van der Waals surface area contributed by atoms with E-state index in [-0.39, 0.29) is 12.2 Å². The fourth-order valence-electron chi connectivity index (χ4n) is 3.55. The number of aromatic nitrogens is 2. The molecule has 1 N–H and O–H groups in total. The SMILES string of the molecule is CN=C(NCC1Cc2ccccc2O1)N1CCOC(c2cnn(C)c2)C1. The van der Waals surface area contributed by atoms with Gasteiger partial charge in [-0.1, -0.05) is 18.2 Å². The predicted molar refractivity (Wildman–Crippen MR) is 99.4 cm³/mol. The molecule has 2 unspecified atom stereocenters. The second-order valence-electron chi connectivity index (χ2n) is 6.73. The van der Waals surface area contributed by atoms with Crippen LogP contribution >= 0.6 is 0 Å². The number of guanidine groups is 1. The number of fused-ring (bicyclic) bond motifs is 1. The Hall–Kier alpha value is -2.54. The van der Waals surface area contributed by atoms with Crippen LogP contribution in [0.25, 0.3) is 0 Å². The van der Waals surface area contributed by atoms with Gasteiger partial charge in [0.25, 0.3) is 0 Å². The summed E-state index contributed by atoms with van der Waals surface area (Å²) in [6.45, 7) is 2.99. The Balaban J connectivity index is 1.34. The average Bonchev–Trinajstić information content (AvgIpc) is 3.28. The number of benzene rings is 1. The standard InChI is InChI=1S/C19H25N5O2/c1-20-19(21-11-16-9-14-5-3-4-6-17(14)26-16)24-7-8-25-18(13-24)15-10-22-23(2)12-15/h3-6,10,12,16,18H,7-9,11,13H2,1-2H3,(H,20,21). The van der Waals surface area contributed by atoms with Crippen molar-refractivity contribution < 1.29 is 9.47 Å². The third-order valence-corrected chi connectivity index (χ3v) is 4.88. The van der Waals surface area contributed by atoms with Crippen LogP contribution in [0.2, 0.25) is 0 Å². The lowest BCUT2D eigenvalue weighted by Crippen LogP contribution is -2.50. The summed E-state index contributed by atoms with van der Waals surface area (Å²) in [5.41, 5.74) is 2.37. The molecule has 7 heteroatoms. The van der Waals surface area contributed by atoms with Crippen LogP contribution in [-0.4, -0.2) is 60.0 Å². The van der Waals surface area contributed by atoms with Crippen LogP contribution in [-0.2, 0) is 18.2 Å². The van der Waals surface area contributed by atoms with E-state index in [4.69, 9.17) is 9.47 Å². The maximum atomic E-state index is 6.01. The van der Waals surface area contributed by atoms with E-state index in [1.165, 1.54) is 5.56 Å². The summed E-state index contributed by atoms with van der Waals surface area (Å²) in [5.74, 6) is 1.89. The monoisotopic (exact) mass is 355 g/mol. The lowest BCUT2D eigenvalue weighted by Gasteiger charge is -2.35. The van der Waals surface area contributed by atoms with Crippen LogP contribution in [0.3, 0.4) is 0 Å². The quantitative estimate of drug-likeness (QED) is 0.666. The van der Waals surface area contributed by atoms with Gasteiger partial charge in [-0.2, -0.15) is 5.10 Å². The summed E-state index contributed by atoms with van der Waals surface area (Å²) in [4.78, 5) is 6.69. The van der Waals surface area contributed by atoms with Gasteiger partial charge >= 0.3 is 0 Å². The zero-order chi connectivity index (χ0) is 17.9. The molecule has 1 saturated heterocycles. The molecule has 1 aromatic carbocycles. The number of para-hydroxylation sites is 1. The number of aliphatic imine (C=N–C) groups is 1. The number of rotatable bonds is 3. The number of nitrogens with one attached hydrogen (secondary N) is 1. The molecule has 0 amide bonds. The van der Waals surface area contributed by atoms with Crippen LogP contribution in [0.1, 0.15) is 17.2 Å². The average molecular weight is 355 g/mol. The maximum Gasteiger partial charge on any atom is 0.193 e. The van der Waals surface area contributed by atoms with Gasteiger partial charge in [0.2, 0.25) is 0 Å². The molecule has 26 heavy (non-hydrogen) atoms. The molecule has 2 aliphatic heterocycles. The van der Waals surface area contributed by atoms with Gasteiger partial charge in [-0.05, 0) is 11.6 Å². The molecule has 2 aromatic rings. The van der Waals surface area contributed by atoms with E-state index in [1.54, 1.807) is 4.68 Å². The normalized spacial score (nSPS) is 22.8. The molecule has 0 bridgehead atoms. The molecule has 0 aliphatic carbocycles. The van der Waals surface area contributed by atoms with Gasteiger partial charge < -0.3 is 19.7 Å². The summed E-state index contributed by atoms with van der Waals surface area (Å²) in [7, 11) is 3.74. The molecule has 3 heterocycles. The Kier molecular flexibility index (Phi) is 4.79. The number of aryl methyl sites for hydroxylation is 1. The first-order valence-electron chi connectivity index (χ1n) is 9.03. The van der Waals surface area contributed by atoms with Crippen molar-refractivity contribution in [2.45, 2.75) is 18.6 Å². The van der Waals surface area contributed by atoms with Crippen molar-refractivity contribution in [1.82, 2.24) is 20.0 Å². The number of ether oxygens (including phenoxy) is 2. The van der Waals surface area contributed by atoms with Crippen LogP contribution in [0.15, 0.2) is 41.7 Å². The topological polar surface area (TPSA) is 63.9 Å².